The van der Waals surface area contributed by atoms with Gasteiger partial charge in [-0.15, -0.1) is 0 Å². The highest BCUT2D eigenvalue weighted by Gasteiger charge is 2.35. The molecule has 0 aromatic heterocycles. The largest absolute Gasteiger partial charge is 0.465 e. The summed E-state index contributed by atoms with van der Waals surface area (Å²) in [7, 11) is 1.37. The Hall–Kier alpha value is -1.88. The lowest BCUT2D eigenvalue weighted by Crippen LogP contribution is -2.43. The van der Waals surface area contributed by atoms with E-state index in [-0.39, 0.29) is 11.8 Å². The van der Waals surface area contributed by atoms with Crippen molar-refractivity contribution in [3.63, 3.8) is 0 Å². The molecular formula is C19H26N2O3. The average molecular weight is 330 g/mol. The van der Waals surface area contributed by atoms with Gasteiger partial charge in [0.2, 0.25) is 5.91 Å². The number of likely N-dealkylation sites (tertiary alicyclic amines) is 1. The van der Waals surface area contributed by atoms with Crippen molar-refractivity contribution in [2.45, 2.75) is 38.6 Å². The zero-order valence-corrected chi connectivity index (χ0v) is 14.5. The van der Waals surface area contributed by atoms with Crippen LogP contribution >= 0.6 is 0 Å². The lowest BCUT2D eigenvalue weighted by molar-refractivity contribution is -0.123. The molecule has 1 amide bonds. The van der Waals surface area contributed by atoms with Crippen molar-refractivity contribution in [2.24, 2.45) is 5.92 Å². The number of anilines is 1. The number of para-hydroxylation sites is 1. The van der Waals surface area contributed by atoms with E-state index in [2.05, 4.69) is 4.90 Å². The van der Waals surface area contributed by atoms with Crippen LogP contribution in [-0.4, -0.2) is 49.6 Å². The Balaban J connectivity index is 1.74. The Morgan fingerprint density at radius 1 is 1.17 bits per heavy atom. The molecule has 1 saturated carbocycles. The summed E-state index contributed by atoms with van der Waals surface area (Å²) in [5.41, 5.74) is 1.10. The molecule has 1 heterocycles. The molecule has 2 fully saturated rings. The van der Waals surface area contributed by atoms with Crippen molar-refractivity contribution < 1.29 is 14.3 Å². The summed E-state index contributed by atoms with van der Waals surface area (Å²) in [6, 6.07) is 7.96. The van der Waals surface area contributed by atoms with E-state index < -0.39 is 5.97 Å². The number of ether oxygens (including phenoxy) is 1. The van der Waals surface area contributed by atoms with Crippen LogP contribution in [0.5, 0.6) is 0 Å². The molecule has 0 radical (unpaired) electrons. The summed E-state index contributed by atoms with van der Waals surface area (Å²) in [6.07, 6.45) is 4.44. The summed E-state index contributed by atoms with van der Waals surface area (Å²) < 4.78 is 4.86. The molecule has 0 unspecified atom stereocenters. The molecule has 1 aliphatic carbocycles. The number of piperidine rings is 1. The van der Waals surface area contributed by atoms with Crippen LogP contribution in [-0.2, 0) is 9.53 Å². The fourth-order valence-electron chi connectivity index (χ4n) is 3.61. The molecule has 1 aromatic rings. The van der Waals surface area contributed by atoms with E-state index in [4.69, 9.17) is 4.74 Å². The van der Waals surface area contributed by atoms with Crippen LogP contribution in [0.3, 0.4) is 0 Å². The first-order valence-corrected chi connectivity index (χ1v) is 8.88. The van der Waals surface area contributed by atoms with Gasteiger partial charge in [0.25, 0.3) is 0 Å². The van der Waals surface area contributed by atoms with Crippen LogP contribution in [0.15, 0.2) is 24.3 Å². The molecule has 0 bridgehead atoms. The molecule has 1 aromatic carbocycles. The van der Waals surface area contributed by atoms with Crippen molar-refractivity contribution in [2.75, 3.05) is 31.6 Å². The van der Waals surface area contributed by atoms with E-state index in [1.54, 1.807) is 17.0 Å². The summed E-state index contributed by atoms with van der Waals surface area (Å²) in [5, 5.41) is 0. The second-order valence-corrected chi connectivity index (χ2v) is 6.63. The van der Waals surface area contributed by atoms with Gasteiger partial charge in [-0.25, -0.2) is 4.79 Å². The molecule has 1 aliphatic heterocycles. The van der Waals surface area contributed by atoms with Gasteiger partial charge in [-0.3, -0.25) is 4.79 Å². The van der Waals surface area contributed by atoms with Crippen LogP contribution in [0.2, 0.25) is 0 Å². The Kier molecular flexibility index (Phi) is 5.19. The number of amides is 1. The van der Waals surface area contributed by atoms with E-state index in [1.165, 1.54) is 20.0 Å². The van der Waals surface area contributed by atoms with Gasteiger partial charge in [-0.1, -0.05) is 12.1 Å². The summed E-state index contributed by atoms with van der Waals surface area (Å²) in [5.74, 6) is -0.227. The number of carbonyl (C=O) groups is 2. The summed E-state index contributed by atoms with van der Waals surface area (Å²) in [6.45, 7) is 4.52. The van der Waals surface area contributed by atoms with Crippen LogP contribution in [0.1, 0.15) is 43.0 Å². The fourth-order valence-corrected chi connectivity index (χ4v) is 3.61. The molecule has 0 atom stereocenters. The van der Waals surface area contributed by atoms with Crippen molar-refractivity contribution in [1.29, 1.82) is 0 Å². The molecule has 5 nitrogen and oxygen atoms in total. The summed E-state index contributed by atoms with van der Waals surface area (Å²) >= 11 is 0. The fraction of sp³-hybridized carbons (Fsp3) is 0.579. The molecule has 3 rings (SSSR count). The van der Waals surface area contributed by atoms with Crippen LogP contribution in [0, 0.1) is 5.92 Å². The van der Waals surface area contributed by atoms with Crippen molar-refractivity contribution in [3.8, 4) is 0 Å². The number of rotatable bonds is 5. The predicted molar refractivity (Wildman–Crippen MR) is 93.1 cm³/mol. The Morgan fingerprint density at radius 2 is 1.83 bits per heavy atom. The number of nitrogens with zero attached hydrogens (tertiary/aromatic N) is 2. The van der Waals surface area contributed by atoms with E-state index >= 15 is 0 Å². The van der Waals surface area contributed by atoms with Crippen molar-refractivity contribution in [1.82, 2.24) is 4.90 Å². The van der Waals surface area contributed by atoms with Gasteiger partial charge in [-0.2, -0.15) is 0 Å². The zero-order valence-electron chi connectivity index (χ0n) is 14.5. The van der Waals surface area contributed by atoms with E-state index in [0.717, 1.165) is 32.0 Å². The highest BCUT2D eigenvalue weighted by molar-refractivity contribution is 6.03. The maximum Gasteiger partial charge on any atom is 0.339 e. The predicted octanol–water partition coefficient (Wildman–Crippen LogP) is 2.70. The topological polar surface area (TPSA) is 49.9 Å². The van der Waals surface area contributed by atoms with E-state index in [0.29, 0.717) is 17.8 Å². The molecule has 2 aliphatic rings. The minimum atomic E-state index is -0.402. The van der Waals surface area contributed by atoms with Gasteiger partial charge in [0.1, 0.15) is 0 Å². The zero-order chi connectivity index (χ0) is 17.1. The normalized spacial score (nSPS) is 19.1. The number of carbonyl (C=O) groups excluding carboxylic acids is 2. The Labute approximate surface area is 143 Å². The lowest BCUT2D eigenvalue weighted by atomic mass is 9.94. The van der Waals surface area contributed by atoms with E-state index in [1.807, 2.05) is 19.1 Å². The Bertz CT molecular complexity index is 604. The van der Waals surface area contributed by atoms with Crippen molar-refractivity contribution in [3.05, 3.63) is 29.8 Å². The number of hydrogen-bond acceptors (Lipinski definition) is 4. The molecular weight excluding hydrogens is 304 g/mol. The first-order valence-electron chi connectivity index (χ1n) is 8.88. The van der Waals surface area contributed by atoms with E-state index in [9.17, 15) is 9.59 Å². The molecule has 1 saturated heterocycles. The summed E-state index contributed by atoms with van der Waals surface area (Å²) in [4.78, 5) is 29.3. The lowest BCUT2D eigenvalue weighted by Gasteiger charge is -2.34. The van der Waals surface area contributed by atoms with Gasteiger partial charge in [0, 0.05) is 18.5 Å². The number of benzene rings is 1. The first kappa shape index (κ1) is 17.0. The minimum Gasteiger partial charge on any atom is -0.465 e. The van der Waals surface area contributed by atoms with Crippen LogP contribution in [0.4, 0.5) is 5.69 Å². The highest BCUT2D eigenvalue weighted by Crippen LogP contribution is 2.32. The maximum absolute atomic E-state index is 13.0. The van der Waals surface area contributed by atoms with Gasteiger partial charge in [0.15, 0.2) is 0 Å². The Morgan fingerprint density at radius 3 is 2.42 bits per heavy atom. The third-order valence-corrected chi connectivity index (χ3v) is 5.12. The third-order valence-electron chi connectivity index (χ3n) is 5.12. The molecule has 130 valence electrons. The third kappa shape index (κ3) is 3.46. The first-order chi connectivity index (χ1) is 11.7. The van der Waals surface area contributed by atoms with Gasteiger partial charge in [-0.05, 0) is 57.8 Å². The molecule has 0 N–H and O–H groups in total. The smallest absolute Gasteiger partial charge is 0.339 e. The molecule has 5 heteroatoms. The molecule has 0 spiro atoms. The quantitative estimate of drug-likeness (QED) is 0.779. The number of hydrogen-bond donors (Lipinski definition) is 0. The van der Waals surface area contributed by atoms with Crippen LogP contribution < -0.4 is 4.90 Å². The van der Waals surface area contributed by atoms with Gasteiger partial charge < -0.3 is 14.5 Å². The maximum atomic E-state index is 13.0. The second-order valence-electron chi connectivity index (χ2n) is 6.63. The highest BCUT2D eigenvalue weighted by atomic mass is 16.5. The standard InChI is InChI=1S/C19H26N2O3/c1-3-21(17-7-5-4-6-16(17)19(23)24-2)18(22)14-10-12-20(13-11-14)15-8-9-15/h4-7,14-15H,3,8-13H2,1-2H3. The SMILES string of the molecule is CCN(C(=O)C1CCN(C2CC2)CC1)c1ccccc1C(=O)OC. The average Bonchev–Trinajstić information content (AvgIpc) is 3.47. The molecule has 24 heavy (non-hydrogen) atoms. The monoisotopic (exact) mass is 330 g/mol. The van der Waals surface area contributed by atoms with Crippen molar-refractivity contribution >= 4 is 17.6 Å². The van der Waals surface area contributed by atoms with Gasteiger partial charge >= 0.3 is 5.97 Å². The number of methoxy groups -OCH3 is 1. The number of esters is 1. The van der Waals surface area contributed by atoms with Gasteiger partial charge in [0.05, 0.1) is 18.4 Å². The minimum absolute atomic E-state index is 0.0469. The van der Waals surface area contributed by atoms with Crippen LogP contribution in [0.25, 0.3) is 0 Å². The second kappa shape index (κ2) is 7.34.